The molecule has 278 valence electrons. The van der Waals surface area contributed by atoms with Crippen LogP contribution in [0.25, 0.3) is 55.8 Å². The highest BCUT2D eigenvalue weighted by Crippen LogP contribution is 2.67. The van der Waals surface area contributed by atoms with Crippen molar-refractivity contribution < 1.29 is 4.74 Å². The van der Waals surface area contributed by atoms with E-state index in [4.69, 9.17) is 19.7 Å². The molecule has 0 bridgehead atoms. The maximum atomic E-state index is 6.71. The third-order valence-corrected chi connectivity index (χ3v) is 14.8. The van der Waals surface area contributed by atoms with Crippen molar-refractivity contribution in [3.05, 3.63) is 186 Å². The van der Waals surface area contributed by atoms with Gasteiger partial charge in [0.1, 0.15) is 17.3 Å². The minimum Gasteiger partial charge on any atom is -0.457 e. The zero-order chi connectivity index (χ0) is 38.2. The van der Waals surface area contributed by atoms with Crippen molar-refractivity contribution in [1.82, 2.24) is 15.0 Å². The molecular formula is C54H41N3O. The van der Waals surface area contributed by atoms with E-state index in [2.05, 4.69) is 165 Å². The molecule has 13 rings (SSSR count). The summed E-state index contributed by atoms with van der Waals surface area (Å²) in [7, 11) is 0. The van der Waals surface area contributed by atoms with E-state index in [-0.39, 0.29) is 5.41 Å². The lowest BCUT2D eigenvalue weighted by Gasteiger charge is -2.65. The molecular weight excluding hydrogens is 707 g/mol. The van der Waals surface area contributed by atoms with Crippen LogP contribution in [0.4, 0.5) is 0 Å². The van der Waals surface area contributed by atoms with Crippen molar-refractivity contribution in [3.63, 3.8) is 0 Å². The minimum atomic E-state index is -0.498. The van der Waals surface area contributed by atoms with Crippen LogP contribution in [0.15, 0.2) is 158 Å². The second-order valence-corrected chi connectivity index (χ2v) is 17.9. The highest BCUT2D eigenvalue weighted by Gasteiger charge is 2.60. The summed E-state index contributed by atoms with van der Waals surface area (Å²) >= 11 is 0. The molecule has 2 heterocycles. The van der Waals surface area contributed by atoms with Gasteiger partial charge in [-0.3, -0.25) is 0 Å². The molecule has 0 saturated heterocycles. The van der Waals surface area contributed by atoms with Gasteiger partial charge in [-0.25, -0.2) is 15.0 Å². The average molecular weight is 748 g/mol. The zero-order valence-electron chi connectivity index (χ0n) is 32.4. The minimum absolute atomic E-state index is 0.0640. The van der Waals surface area contributed by atoms with Crippen molar-refractivity contribution >= 4 is 10.8 Å². The highest BCUT2D eigenvalue weighted by molar-refractivity contribution is 5.95. The van der Waals surface area contributed by atoms with Crippen molar-refractivity contribution in [1.29, 1.82) is 0 Å². The number of para-hydroxylation sites is 1. The summed E-state index contributed by atoms with van der Waals surface area (Å²) in [6.07, 6.45) is 5.11. The molecule has 1 spiro atoms. The molecule has 5 aliphatic rings. The number of nitrogens with zero attached hydrogens (tertiary/aromatic N) is 3. The van der Waals surface area contributed by atoms with Gasteiger partial charge < -0.3 is 4.74 Å². The summed E-state index contributed by atoms with van der Waals surface area (Å²) in [6.45, 7) is 2.43. The first-order chi connectivity index (χ1) is 28.5. The first-order valence-corrected chi connectivity index (χ1v) is 21.0. The fraction of sp³-hybridized carbons (Fsp3) is 0.204. The van der Waals surface area contributed by atoms with E-state index in [0.29, 0.717) is 0 Å². The number of rotatable bonds is 4. The smallest absolute Gasteiger partial charge is 0.164 e. The number of benzene rings is 7. The van der Waals surface area contributed by atoms with Gasteiger partial charge in [0.05, 0.1) is 5.41 Å². The van der Waals surface area contributed by atoms with E-state index in [9.17, 15) is 0 Å². The molecule has 0 N–H and O–H groups in total. The van der Waals surface area contributed by atoms with Gasteiger partial charge in [0.15, 0.2) is 11.6 Å². The van der Waals surface area contributed by atoms with E-state index in [1.54, 1.807) is 0 Å². The molecule has 4 nitrogen and oxygen atoms in total. The van der Waals surface area contributed by atoms with Crippen LogP contribution in [0.1, 0.15) is 60.7 Å². The molecule has 3 saturated carbocycles. The van der Waals surface area contributed by atoms with Crippen LogP contribution in [0.3, 0.4) is 0 Å². The number of ether oxygens (including phenoxy) is 1. The molecule has 58 heavy (non-hydrogen) atoms. The highest BCUT2D eigenvalue weighted by atomic mass is 16.5. The maximum absolute atomic E-state index is 6.71. The molecule has 8 aromatic rings. The van der Waals surface area contributed by atoms with Gasteiger partial charge in [0, 0.05) is 27.7 Å². The Morgan fingerprint density at radius 2 is 1.07 bits per heavy atom. The van der Waals surface area contributed by atoms with Crippen molar-refractivity contribution in [2.75, 3.05) is 0 Å². The number of fused-ring (bicyclic) bond motifs is 10. The maximum Gasteiger partial charge on any atom is 0.164 e. The third kappa shape index (κ3) is 4.43. The molecule has 4 heteroatoms. The fourth-order valence-corrected chi connectivity index (χ4v) is 12.3. The molecule has 7 aromatic carbocycles. The van der Waals surface area contributed by atoms with Gasteiger partial charge in [-0.2, -0.15) is 0 Å². The number of hydrogen-bond acceptors (Lipinski definition) is 4. The van der Waals surface area contributed by atoms with Gasteiger partial charge >= 0.3 is 0 Å². The van der Waals surface area contributed by atoms with E-state index in [0.717, 1.165) is 74.9 Å². The molecule has 0 radical (unpaired) electrons. The topological polar surface area (TPSA) is 47.9 Å². The van der Waals surface area contributed by atoms with E-state index >= 15 is 0 Å². The number of aromatic nitrogens is 3. The molecule has 4 aliphatic carbocycles. The molecule has 5 atom stereocenters. The Labute approximate surface area is 338 Å². The largest absolute Gasteiger partial charge is 0.457 e. The standard InChI is InChI=1S/C54H41N3O/c1-53(30-37-27-36-28-38(31-53)49(36)37)52-56-50(55-51(57-52)42-16-10-12-33-11-2-3-13-39(33)42)34-23-21-32(22-24-34)35-25-26-48-46(29-35)54(45-19-8-9-20-47(45)58-48)43-17-6-4-14-40(43)41-15-5-7-18-44(41)54/h2-26,29,36-38,49H,27-28,30-31H2,1H3/t36-,37-,38?,49?,53?/m0/s1. The molecule has 1 aromatic heterocycles. The van der Waals surface area contributed by atoms with E-state index < -0.39 is 5.41 Å². The normalized spacial score (nSPS) is 23.7. The summed E-state index contributed by atoms with van der Waals surface area (Å²) in [5, 5.41) is 2.36. The lowest BCUT2D eigenvalue weighted by Crippen LogP contribution is -2.58. The van der Waals surface area contributed by atoms with Crippen LogP contribution in [0, 0.1) is 23.7 Å². The van der Waals surface area contributed by atoms with Crippen LogP contribution >= 0.6 is 0 Å². The summed E-state index contributed by atoms with van der Waals surface area (Å²) in [6, 6.07) is 57.0. The Hall–Kier alpha value is -6.39. The summed E-state index contributed by atoms with van der Waals surface area (Å²) in [5.74, 6) is 7.81. The van der Waals surface area contributed by atoms with Crippen molar-refractivity contribution in [2.45, 2.75) is 43.4 Å². The Bertz CT molecular complexity index is 2940. The Morgan fingerprint density at radius 1 is 0.483 bits per heavy atom. The lowest BCUT2D eigenvalue weighted by molar-refractivity contribution is -0.142. The fourth-order valence-electron chi connectivity index (χ4n) is 12.3. The summed E-state index contributed by atoms with van der Waals surface area (Å²) in [4.78, 5) is 16.0. The predicted molar refractivity (Wildman–Crippen MR) is 231 cm³/mol. The Balaban J connectivity index is 0.935. The van der Waals surface area contributed by atoms with Gasteiger partial charge in [-0.05, 0) is 112 Å². The third-order valence-electron chi connectivity index (χ3n) is 14.8. The van der Waals surface area contributed by atoms with Gasteiger partial charge in [-0.15, -0.1) is 0 Å². The first kappa shape index (κ1) is 32.7. The van der Waals surface area contributed by atoms with Crippen LogP contribution in [-0.4, -0.2) is 15.0 Å². The molecule has 3 fully saturated rings. The van der Waals surface area contributed by atoms with Gasteiger partial charge in [0.25, 0.3) is 0 Å². The van der Waals surface area contributed by atoms with Crippen molar-refractivity contribution in [3.8, 4) is 56.5 Å². The molecule has 1 aliphatic heterocycles. The Morgan fingerprint density at radius 3 is 1.83 bits per heavy atom. The van der Waals surface area contributed by atoms with Crippen LogP contribution in [-0.2, 0) is 10.8 Å². The number of hydrogen-bond donors (Lipinski definition) is 0. The van der Waals surface area contributed by atoms with Crippen molar-refractivity contribution in [2.24, 2.45) is 23.7 Å². The van der Waals surface area contributed by atoms with Gasteiger partial charge in [-0.1, -0.05) is 146 Å². The van der Waals surface area contributed by atoms with Crippen LogP contribution < -0.4 is 4.74 Å². The monoisotopic (exact) mass is 747 g/mol. The summed E-state index contributed by atoms with van der Waals surface area (Å²) in [5.41, 5.74) is 11.3. The predicted octanol–water partition coefficient (Wildman–Crippen LogP) is 12.8. The molecule has 0 amide bonds. The van der Waals surface area contributed by atoms with Crippen LogP contribution in [0.5, 0.6) is 11.5 Å². The van der Waals surface area contributed by atoms with Gasteiger partial charge in [0.2, 0.25) is 0 Å². The van der Waals surface area contributed by atoms with Crippen LogP contribution in [0.2, 0.25) is 0 Å². The average Bonchev–Trinajstić information content (AvgIpc) is 3.55. The van der Waals surface area contributed by atoms with E-state index in [1.165, 1.54) is 69.8 Å². The van der Waals surface area contributed by atoms with E-state index in [1.807, 2.05) is 0 Å². The Kier molecular flexibility index (Phi) is 6.66. The quantitative estimate of drug-likeness (QED) is 0.180. The SMILES string of the molecule is CC1(c2nc(-c3ccc(-c4ccc5c(c4)C4(c6ccccc6O5)c5ccccc5-c5ccccc54)cc3)nc(-c3cccc4ccccc34)n2)CC2C[C@@H]3C[C@@H](C1)C23. The molecule has 3 unspecified atom stereocenters. The zero-order valence-corrected chi connectivity index (χ0v) is 32.4. The summed E-state index contributed by atoms with van der Waals surface area (Å²) < 4.78 is 6.71. The second kappa shape index (κ2) is 11.8. The lowest BCUT2D eigenvalue weighted by atomic mass is 9.40. The second-order valence-electron chi connectivity index (χ2n) is 17.9. The first-order valence-electron chi connectivity index (χ1n) is 21.0.